The van der Waals surface area contributed by atoms with Gasteiger partial charge in [0.25, 0.3) is 0 Å². The van der Waals surface area contributed by atoms with Crippen LogP contribution >= 0.6 is 0 Å². The van der Waals surface area contributed by atoms with Crippen LogP contribution in [0.5, 0.6) is 0 Å². The van der Waals surface area contributed by atoms with Crippen LogP contribution in [0, 0.1) is 50.2 Å². The number of carboxylic acids is 1. The zero-order valence-corrected chi connectivity index (χ0v) is 51.0. The first-order valence-corrected chi connectivity index (χ1v) is 30.5. The van der Waals surface area contributed by atoms with Gasteiger partial charge in [0.2, 0.25) is 0 Å². The second kappa shape index (κ2) is 25.6. The van der Waals surface area contributed by atoms with Gasteiger partial charge in [-0.05, 0) is 92.8 Å². The average molecular weight is 1260 g/mol. The topological polar surface area (TPSA) is 444 Å². The average Bonchev–Trinajstić information content (AvgIpc) is 0.673. The molecule has 14 N–H and O–H groups in total. The fourth-order valence-corrected chi connectivity index (χ4v) is 17.3. The van der Waals surface area contributed by atoms with E-state index in [1.54, 1.807) is 26.8 Å². The maximum absolute atomic E-state index is 14.2. The predicted molar refractivity (Wildman–Crippen MR) is 295 cm³/mol. The molecule has 9 rings (SSSR count). The molecule has 8 fully saturated rings. The summed E-state index contributed by atoms with van der Waals surface area (Å²) in [5.41, 5.74) is -4.52. The van der Waals surface area contributed by atoms with E-state index in [-0.39, 0.29) is 18.8 Å². The van der Waals surface area contributed by atoms with Crippen LogP contribution in [0.3, 0.4) is 0 Å². The van der Waals surface area contributed by atoms with Crippen molar-refractivity contribution in [3.05, 3.63) is 23.3 Å². The van der Waals surface area contributed by atoms with Crippen molar-refractivity contribution in [1.82, 2.24) is 0 Å². The lowest BCUT2D eigenvalue weighted by Crippen LogP contribution is -2.72. The summed E-state index contributed by atoms with van der Waals surface area (Å²) in [6.45, 7) is 13.4. The number of fused-ring (bicyclic) bond motifs is 7. The van der Waals surface area contributed by atoms with E-state index in [1.807, 2.05) is 13.8 Å². The van der Waals surface area contributed by atoms with E-state index in [0.717, 1.165) is 11.9 Å². The van der Waals surface area contributed by atoms with Crippen LogP contribution in [-0.2, 0) is 66.5 Å². The van der Waals surface area contributed by atoms with Crippen LogP contribution in [-0.4, -0.2) is 263 Å². The number of carboxylic acid groups (broad SMARTS) is 1. The highest BCUT2D eigenvalue weighted by Crippen LogP contribution is 2.76. The number of carbonyl (C=O) groups excluding carboxylic acids is 3. The van der Waals surface area contributed by atoms with Gasteiger partial charge < -0.3 is 124 Å². The van der Waals surface area contributed by atoms with E-state index in [9.17, 15) is 90.7 Å². The maximum atomic E-state index is 14.2. The van der Waals surface area contributed by atoms with Crippen LogP contribution < -0.4 is 0 Å². The number of ether oxygens (including phenoxy) is 10. The molecule has 4 saturated heterocycles. The zero-order chi connectivity index (χ0) is 64.9. The second-order valence-corrected chi connectivity index (χ2v) is 27.7. The molecule has 4 aliphatic heterocycles. The Balaban J connectivity index is 1.05. The Bertz CT molecular complexity index is 2600. The third kappa shape index (κ3) is 11.2. The molecule has 0 spiro atoms. The molecule has 0 radical (unpaired) electrons. The Morgan fingerprint density at radius 3 is 1.78 bits per heavy atom. The lowest BCUT2D eigenvalue weighted by molar-refractivity contribution is -0.400. The van der Waals surface area contributed by atoms with Crippen molar-refractivity contribution in [2.24, 2.45) is 50.2 Å². The monoisotopic (exact) mass is 1260 g/mol. The van der Waals surface area contributed by atoms with Crippen molar-refractivity contribution >= 4 is 24.2 Å². The molecule has 31 atom stereocenters. The molecule has 5 unspecified atom stereocenters. The molecular weight excluding hydrogens is 1170 g/mol. The van der Waals surface area contributed by atoms with Crippen molar-refractivity contribution < 1.29 is 138 Å². The first-order valence-electron chi connectivity index (χ1n) is 30.5. The Kier molecular flexibility index (Phi) is 20.1. The van der Waals surface area contributed by atoms with E-state index >= 15 is 0 Å². The summed E-state index contributed by atoms with van der Waals surface area (Å²) in [7, 11) is 0. The van der Waals surface area contributed by atoms with Crippen LogP contribution in [0.4, 0.5) is 0 Å². The number of esters is 2. The largest absolute Gasteiger partial charge is 0.479 e. The third-order valence-electron chi connectivity index (χ3n) is 22.6. The Morgan fingerprint density at radius 1 is 0.648 bits per heavy atom. The normalized spacial score (nSPS) is 51.1. The number of hydrogen-bond donors (Lipinski definition) is 14. The summed E-state index contributed by atoms with van der Waals surface area (Å²) in [5, 5.41) is 154. The summed E-state index contributed by atoms with van der Waals surface area (Å²) in [6.07, 6.45) is -35.5. The SMILES string of the molecule is C/C=C(\C)C(=O)O[C@H]1[C@H](OC(C)=O)[C@]2(CO)[C@H](O)C[C@]3(C)C(=CC[C@@H]4[C@@]5(C)CC[C@H](O[C@@H]6O[C@H](C(=O)O)[C@@H](O)[C@H](O[C@@H]7OC[C@H](O)[C@H](O)[C@H]7OC7OC(CO)C(O)C(O)C7O)[C@H]6O[C@@H]6O[C@H](CO)[C@H](O)[C@H](O)[C@H]6O)[C@@](C)(C=O)[C@@H]5CC[C@]43C)[C@@H]2CC1(C)C. The maximum Gasteiger partial charge on any atom is 0.335 e. The van der Waals surface area contributed by atoms with Crippen LogP contribution in [0.15, 0.2) is 23.3 Å². The summed E-state index contributed by atoms with van der Waals surface area (Å²) >= 11 is 0. The summed E-state index contributed by atoms with van der Waals surface area (Å²) in [6, 6.07) is 0. The van der Waals surface area contributed by atoms with Crippen LogP contribution in [0.1, 0.15) is 107 Å². The lowest BCUT2D eigenvalue weighted by Gasteiger charge is -2.72. The molecule has 0 aromatic carbocycles. The number of rotatable bonds is 16. The van der Waals surface area contributed by atoms with E-state index in [1.165, 1.54) is 6.92 Å². The first-order chi connectivity index (χ1) is 41.2. The van der Waals surface area contributed by atoms with Gasteiger partial charge in [0.05, 0.1) is 49.5 Å². The fourth-order valence-electron chi connectivity index (χ4n) is 17.3. The number of aliphatic hydroxyl groups is 13. The van der Waals surface area contributed by atoms with Gasteiger partial charge in [-0.1, -0.05) is 59.3 Å². The predicted octanol–water partition coefficient (Wildman–Crippen LogP) is -2.65. The van der Waals surface area contributed by atoms with E-state index < -0.39 is 230 Å². The third-order valence-corrected chi connectivity index (χ3v) is 22.6. The number of carbonyl (C=O) groups is 4. The van der Waals surface area contributed by atoms with Crippen molar-refractivity contribution in [1.29, 1.82) is 0 Å². The number of hydrogen-bond acceptors (Lipinski definition) is 27. The number of aliphatic hydroxyl groups excluding tert-OH is 13. The molecule has 500 valence electrons. The quantitative estimate of drug-likeness (QED) is 0.0247. The molecule has 88 heavy (non-hydrogen) atoms. The standard InChI is InChI=1S/C60H92O28/c1-10-24(2)50(78)88-47-48(80-25(3)65)60(23-64)27(17-55(47,4)5)26-11-12-32-56(6)15-14-34(57(7,22-63)31(56)13-16-58(32,8)59(26,9)18-33(60)67)83-54-46(87-52-41(74)39(72)37(70)30(20-62)82-52)43(42(75)44(85-54)49(76)77)84-53-45(35(68)28(66)21-79-53)86-51-40(73)38(71)36(69)29(19-61)81-51/h10-11,22,27-48,51-54,61-62,64,66-75H,12-21,23H2,1-9H3,(H,76,77)/b24-10+/t27-,28-,29?,30+,31+,32+,33+,34-,35-,36?,37-,38?,39-,40?,41+,42-,43-,44-,45+,46+,47-,48-,51?,52-,53-,54+,56-,57-,58+,59+,60-/m0/s1. The van der Waals surface area contributed by atoms with E-state index in [0.29, 0.717) is 37.7 Å². The van der Waals surface area contributed by atoms with Gasteiger partial charge in [0.15, 0.2) is 31.3 Å². The molecule has 9 aliphatic rings. The lowest BCUT2D eigenvalue weighted by atomic mass is 9.33. The Labute approximate surface area is 509 Å². The van der Waals surface area contributed by atoms with Gasteiger partial charge >= 0.3 is 17.9 Å². The molecule has 0 amide bonds. The van der Waals surface area contributed by atoms with Gasteiger partial charge in [0.1, 0.15) is 104 Å². The van der Waals surface area contributed by atoms with Crippen molar-refractivity contribution in [2.45, 2.75) is 248 Å². The van der Waals surface area contributed by atoms with Gasteiger partial charge in [-0.3, -0.25) is 4.79 Å². The molecule has 0 bridgehead atoms. The number of aldehydes is 1. The minimum absolute atomic E-state index is 0.0926. The first kappa shape index (κ1) is 69.1. The highest BCUT2D eigenvalue weighted by atomic mass is 16.8. The smallest absolute Gasteiger partial charge is 0.335 e. The van der Waals surface area contributed by atoms with Gasteiger partial charge in [-0.2, -0.15) is 0 Å². The van der Waals surface area contributed by atoms with Crippen LogP contribution in [0.25, 0.3) is 0 Å². The summed E-state index contributed by atoms with van der Waals surface area (Å²) in [5.74, 6) is -4.31. The Morgan fingerprint density at radius 2 is 1.24 bits per heavy atom. The van der Waals surface area contributed by atoms with Gasteiger partial charge in [-0.15, -0.1) is 0 Å². The summed E-state index contributed by atoms with van der Waals surface area (Å²) in [4.78, 5) is 53.9. The summed E-state index contributed by atoms with van der Waals surface area (Å²) < 4.78 is 60.6. The molecule has 0 aromatic heterocycles. The van der Waals surface area contributed by atoms with E-state index in [4.69, 9.17) is 47.4 Å². The van der Waals surface area contributed by atoms with Crippen molar-refractivity contribution in [3.63, 3.8) is 0 Å². The number of allylic oxidation sites excluding steroid dienone is 3. The van der Waals surface area contributed by atoms with Gasteiger partial charge in [-0.25, -0.2) is 9.59 Å². The van der Waals surface area contributed by atoms with E-state index in [2.05, 4.69) is 26.8 Å². The molecule has 28 heteroatoms. The number of aliphatic carboxylic acids is 1. The van der Waals surface area contributed by atoms with Crippen LogP contribution in [0.2, 0.25) is 0 Å². The molecule has 4 saturated carbocycles. The van der Waals surface area contributed by atoms with Gasteiger partial charge in [0, 0.05) is 17.9 Å². The molecule has 5 aliphatic carbocycles. The second-order valence-electron chi connectivity index (χ2n) is 27.7. The molecule has 0 aromatic rings. The Hall–Kier alpha value is -3.28. The highest BCUT2D eigenvalue weighted by Gasteiger charge is 2.74. The zero-order valence-electron chi connectivity index (χ0n) is 51.0. The molecular formula is C60H92O28. The van der Waals surface area contributed by atoms with Crippen molar-refractivity contribution in [2.75, 3.05) is 26.4 Å². The fraction of sp³-hybridized carbons (Fsp3) is 0.867. The minimum atomic E-state index is -2.32. The molecule has 4 heterocycles. The highest BCUT2D eigenvalue weighted by molar-refractivity contribution is 5.87. The minimum Gasteiger partial charge on any atom is -0.479 e. The molecule has 28 nitrogen and oxygen atoms in total. The van der Waals surface area contributed by atoms with Crippen molar-refractivity contribution in [3.8, 4) is 0 Å².